The van der Waals surface area contributed by atoms with E-state index < -0.39 is 62.0 Å². The molecule has 0 saturated carbocycles. The van der Waals surface area contributed by atoms with Gasteiger partial charge in [-0.1, -0.05) is 20.8 Å². The number of ether oxygens (including phenoxy) is 4. The normalized spacial score (nSPS) is 23.5. The van der Waals surface area contributed by atoms with Crippen LogP contribution in [0.3, 0.4) is 0 Å². The molecule has 33 heavy (non-hydrogen) atoms. The summed E-state index contributed by atoms with van der Waals surface area (Å²) in [5.74, 6) is -2.79. The van der Waals surface area contributed by atoms with Crippen molar-refractivity contribution in [3.05, 3.63) is 33.1 Å². The molecule has 12 heteroatoms. The summed E-state index contributed by atoms with van der Waals surface area (Å²) < 4.78 is 29.2. The van der Waals surface area contributed by atoms with Crippen molar-refractivity contribution in [3.63, 3.8) is 0 Å². The number of methoxy groups -OCH3 is 3. The molecule has 186 valence electrons. The van der Waals surface area contributed by atoms with Gasteiger partial charge in [0.15, 0.2) is 20.5 Å². The third kappa shape index (κ3) is 5.80. The third-order valence-electron chi connectivity index (χ3n) is 6.36. The van der Waals surface area contributed by atoms with E-state index in [9.17, 15) is 19.2 Å². The summed E-state index contributed by atoms with van der Waals surface area (Å²) in [6.07, 6.45) is -2.04. The van der Waals surface area contributed by atoms with E-state index in [4.69, 9.17) is 23.4 Å². The molecule has 1 aliphatic heterocycles. The summed E-state index contributed by atoms with van der Waals surface area (Å²) in [4.78, 5) is 50.8. The molecule has 2 heterocycles. The van der Waals surface area contributed by atoms with E-state index in [0.29, 0.717) is 0 Å². The molecular formula is C21H34N2O9Si. The highest BCUT2D eigenvalue weighted by atomic mass is 28.4. The molecule has 2 unspecified atom stereocenters. The fraction of sp³-hybridized carbons (Fsp3) is 0.714. The molecule has 11 nitrogen and oxygen atoms in total. The number of rotatable bonds is 8. The SMILES string of the molecule is COC(=O)C(C[C@H]1O[C@@H](n2ccc(=O)[nH]c2=O)C(OC)C1O[Si](C)(C)C(C)(C)C)C(=O)OC. The Kier molecular flexibility index (Phi) is 8.44. The fourth-order valence-electron chi connectivity index (χ4n) is 3.46. The van der Waals surface area contributed by atoms with Gasteiger partial charge in [-0.3, -0.25) is 23.9 Å². The first-order valence-electron chi connectivity index (χ1n) is 10.6. The molecule has 0 aromatic carbocycles. The minimum atomic E-state index is -2.38. The Morgan fingerprint density at radius 3 is 2.15 bits per heavy atom. The quantitative estimate of drug-likeness (QED) is 0.326. The van der Waals surface area contributed by atoms with Gasteiger partial charge in [0.25, 0.3) is 5.56 Å². The number of carbonyl (C=O) groups is 2. The van der Waals surface area contributed by atoms with Gasteiger partial charge in [0, 0.05) is 25.8 Å². The number of esters is 2. The smallest absolute Gasteiger partial charge is 0.330 e. The van der Waals surface area contributed by atoms with Gasteiger partial charge in [-0.25, -0.2) is 4.79 Å². The first kappa shape index (κ1) is 27.0. The lowest BCUT2D eigenvalue weighted by Gasteiger charge is -2.40. The zero-order valence-electron chi connectivity index (χ0n) is 20.4. The van der Waals surface area contributed by atoms with Crippen molar-refractivity contribution in [3.8, 4) is 0 Å². The van der Waals surface area contributed by atoms with Crippen molar-refractivity contribution < 1.29 is 33.0 Å². The lowest BCUT2D eigenvalue weighted by molar-refractivity contribution is -0.161. The van der Waals surface area contributed by atoms with Crippen LogP contribution in [-0.4, -0.2) is 69.4 Å². The molecule has 1 fully saturated rings. The van der Waals surface area contributed by atoms with E-state index >= 15 is 0 Å². The maximum atomic E-state index is 12.5. The zero-order chi connectivity index (χ0) is 25.1. The van der Waals surface area contributed by atoms with Gasteiger partial charge < -0.3 is 23.4 Å². The molecule has 0 spiro atoms. The van der Waals surface area contributed by atoms with Gasteiger partial charge in [0.1, 0.15) is 12.2 Å². The Balaban J connectivity index is 2.52. The van der Waals surface area contributed by atoms with Crippen molar-refractivity contribution >= 4 is 20.3 Å². The Morgan fingerprint density at radius 2 is 1.70 bits per heavy atom. The minimum Gasteiger partial charge on any atom is -0.468 e. The van der Waals surface area contributed by atoms with Crippen LogP contribution in [0.2, 0.25) is 18.1 Å². The Labute approximate surface area is 193 Å². The summed E-state index contributed by atoms with van der Waals surface area (Å²) in [6, 6.07) is 1.19. The van der Waals surface area contributed by atoms with Crippen LogP contribution in [0.25, 0.3) is 0 Å². The molecule has 1 N–H and O–H groups in total. The van der Waals surface area contributed by atoms with Crippen molar-refractivity contribution in [1.82, 2.24) is 9.55 Å². The van der Waals surface area contributed by atoms with Gasteiger partial charge in [-0.2, -0.15) is 0 Å². The van der Waals surface area contributed by atoms with Crippen molar-refractivity contribution in [2.24, 2.45) is 5.92 Å². The van der Waals surface area contributed by atoms with Crippen LogP contribution in [0.15, 0.2) is 21.9 Å². The summed E-state index contributed by atoms with van der Waals surface area (Å²) in [5.41, 5.74) is -1.23. The standard InChI is InChI=1S/C21H34N2O9Si/c1-21(2,3)33(7,8)32-15-13(11-12(18(25)29-5)19(26)30-6)31-17(16(15)28-4)23-10-9-14(24)22-20(23)27/h9-10,12-13,15-17H,11H2,1-8H3,(H,22,24,27)/t13-,15?,16?,17-/m1/s1. The molecule has 2 rings (SSSR count). The molecule has 0 radical (unpaired) electrons. The van der Waals surface area contributed by atoms with Gasteiger partial charge in [-0.05, 0) is 18.1 Å². The predicted molar refractivity (Wildman–Crippen MR) is 120 cm³/mol. The summed E-state index contributed by atoms with van der Waals surface area (Å²) >= 11 is 0. The third-order valence-corrected chi connectivity index (χ3v) is 10.8. The van der Waals surface area contributed by atoms with Crippen LogP contribution in [0.5, 0.6) is 0 Å². The number of nitrogens with zero attached hydrogens (tertiary/aromatic N) is 1. The molecule has 0 amide bonds. The summed E-state index contributed by atoms with van der Waals surface area (Å²) in [5, 5.41) is -0.160. The van der Waals surface area contributed by atoms with E-state index in [-0.39, 0.29) is 11.5 Å². The largest absolute Gasteiger partial charge is 0.468 e. The Hall–Kier alpha value is -2.28. The predicted octanol–water partition coefficient (Wildman–Crippen LogP) is 1.19. The second kappa shape index (κ2) is 10.3. The van der Waals surface area contributed by atoms with Crippen molar-refractivity contribution in [2.45, 2.75) is 69.9 Å². The second-order valence-electron chi connectivity index (χ2n) is 9.46. The topological polar surface area (TPSA) is 135 Å². The van der Waals surface area contributed by atoms with Gasteiger partial charge in [0.2, 0.25) is 0 Å². The van der Waals surface area contributed by atoms with Crippen LogP contribution in [0.4, 0.5) is 0 Å². The molecule has 1 aromatic heterocycles. The number of H-pyrrole nitrogens is 1. The van der Waals surface area contributed by atoms with E-state index in [2.05, 4.69) is 25.8 Å². The van der Waals surface area contributed by atoms with Gasteiger partial charge in [0.05, 0.1) is 20.3 Å². The average molecular weight is 487 g/mol. The monoisotopic (exact) mass is 486 g/mol. The van der Waals surface area contributed by atoms with E-state index in [1.54, 1.807) is 0 Å². The van der Waals surface area contributed by atoms with Crippen LogP contribution < -0.4 is 11.2 Å². The van der Waals surface area contributed by atoms with Crippen LogP contribution in [0.1, 0.15) is 33.4 Å². The highest BCUT2D eigenvalue weighted by Gasteiger charge is 2.52. The Morgan fingerprint density at radius 1 is 1.12 bits per heavy atom. The number of aromatic amines is 1. The molecule has 1 aliphatic rings. The minimum absolute atomic E-state index is 0.104. The number of hydrogen-bond donors (Lipinski definition) is 1. The lowest BCUT2D eigenvalue weighted by atomic mass is 9.97. The number of carbonyl (C=O) groups excluding carboxylic acids is 2. The zero-order valence-corrected chi connectivity index (χ0v) is 21.4. The van der Waals surface area contributed by atoms with Crippen molar-refractivity contribution in [1.29, 1.82) is 0 Å². The van der Waals surface area contributed by atoms with Gasteiger partial charge in [-0.15, -0.1) is 0 Å². The summed E-state index contributed by atoms with van der Waals surface area (Å²) in [6.45, 7) is 10.3. The van der Waals surface area contributed by atoms with E-state index in [0.717, 1.165) is 0 Å². The first-order valence-corrected chi connectivity index (χ1v) is 13.5. The number of aromatic nitrogens is 2. The number of hydrogen-bond acceptors (Lipinski definition) is 9. The van der Waals surface area contributed by atoms with Gasteiger partial charge >= 0.3 is 17.6 Å². The molecule has 0 aliphatic carbocycles. The maximum Gasteiger partial charge on any atom is 0.330 e. The molecular weight excluding hydrogens is 452 g/mol. The lowest BCUT2D eigenvalue weighted by Crippen LogP contribution is -2.50. The van der Waals surface area contributed by atoms with E-state index in [1.807, 2.05) is 13.1 Å². The maximum absolute atomic E-state index is 12.5. The molecule has 1 aromatic rings. The van der Waals surface area contributed by atoms with Crippen molar-refractivity contribution in [2.75, 3.05) is 21.3 Å². The molecule has 1 saturated heterocycles. The number of nitrogens with one attached hydrogen (secondary N) is 1. The fourth-order valence-corrected chi connectivity index (χ4v) is 4.78. The average Bonchev–Trinajstić information content (AvgIpc) is 3.06. The van der Waals surface area contributed by atoms with E-state index in [1.165, 1.54) is 38.2 Å². The van der Waals surface area contributed by atoms with Crippen LogP contribution in [-0.2, 0) is 33.0 Å². The highest BCUT2D eigenvalue weighted by molar-refractivity contribution is 6.74. The molecule has 4 atom stereocenters. The van der Waals surface area contributed by atoms with Crippen LogP contribution in [0, 0.1) is 5.92 Å². The summed E-state index contributed by atoms with van der Waals surface area (Å²) in [7, 11) is 1.43. The second-order valence-corrected chi connectivity index (χ2v) is 14.2. The first-order chi connectivity index (χ1) is 15.3. The van der Waals surface area contributed by atoms with Crippen LogP contribution >= 0.6 is 0 Å². The molecule has 0 bridgehead atoms. The highest BCUT2D eigenvalue weighted by Crippen LogP contribution is 2.43. The Bertz CT molecular complexity index is 949.